The van der Waals surface area contributed by atoms with Gasteiger partial charge in [-0.3, -0.25) is 9.59 Å². The first-order chi connectivity index (χ1) is 12.7. The average molecular weight is 376 g/mol. The zero-order valence-electron chi connectivity index (χ0n) is 15.1. The van der Waals surface area contributed by atoms with Gasteiger partial charge in [0.1, 0.15) is 11.4 Å². The standard InChI is InChI=1S/C19H24N2O4S/c1-24-14-9-8-12-15(16(14)25-2)18(23)21-13(10-26-19(12)21)17(22)20-11-6-4-3-5-7-11/h8-9,11,13,19H,3-7,10H2,1-2H3,(H,20,22)/t13-,19?/m0/s1. The van der Waals surface area contributed by atoms with Crippen molar-refractivity contribution in [2.45, 2.75) is 49.6 Å². The number of hydrogen-bond acceptors (Lipinski definition) is 5. The molecule has 26 heavy (non-hydrogen) atoms. The molecule has 1 saturated heterocycles. The molecular formula is C19H24N2O4S. The van der Waals surface area contributed by atoms with Crippen LogP contribution >= 0.6 is 11.8 Å². The summed E-state index contributed by atoms with van der Waals surface area (Å²) in [5.41, 5.74) is 1.44. The van der Waals surface area contributed by atoms with Gasteiger partial charge in [0.05, 0.1) is 19.8 Å². The van der Waals surface area contributed by atoms with Crippen LogP contribution in [0.5, 0.6) is 11.5 Å². The summed E-state index contributed by atoms with van der Waals surface area (Å²) >= 11 is 1.64. The quantitative estimate of drug-likeness (QED) is 0.875. The van der Waals surface area contributed by atoms with Gasteiger partial charge >= 0.3 is 0 Å². The third kappa shape index (κ3) is 2.73. The van der Waals surface area contributed by atoms with Gasteiger partial charge in [-0.05, 0) is 18.9 Å². The Labute approximate surface area is 157 Å². The van der Waals surface area contributed by atoms with E-state index in [9.17, 15) is 9.59 Å². The van der Waals surface area contributed by atoms with E-state index in [-0.39, 0.29) is 23.2 Å². The highest BCUT2D eigenvalue weighted by Crippen LogP contribution is 2.52. The summed E-state index contributed by atoms with van der Waals surface area (Å²) in [5.74, 6) is 1.45. The van der Waals surface area contributed by atoms with E-state index in [1.807, 2.05) is 12.1 Å². The molecule has 3 aliphatic rings. The van der Waals surface area contributed by atoms with Crippen LogP contribution in [0.4, 0.5) is 0 Å². The molecule has 6 nitrogen and oxygen atoms in total. The van der Waals surface area contributed by atoms with Gasteiger partial charge in [-0.1, -0.05) is 25.3 Å². The first-order valence-corrected chi connectivity index (χ1v) is 10.2. The van der Waals surface area contributed by atoms with Crippen LogP contribution in [-0.2, 0) is 4.79 Å². The smallest absolute Gasteiger partial charge is 0.260 e. The number of rotatable bonds is 4. The van der Waals surface area contributed by atoms with Gasteiger partial charge in [0, 0.05) is 17.4 Å². The van der Waals surface area contributed by atoms with Crippen LogP contribution in [0.3, 0.4) is 0 Å². The molecule has 2 amide bonds. The predicted octanol–water partition coefficient (Wildman–Crippen LogP) is 2.72. The Kier molecular flexibility index (Phi) is 4.73. The van der Waals surface area contributed by atoms with Crippen molar-refractivity contribution in [3.63, 3.8) is 0 Å². The Morgan fingerprint density at radius 2 is 1.96 bits per heavy atom. The maximum atomic E-state index is 13.1. The summed E-state index contributed by atoms with van der Waals surface area (Å²) in [6.45, 7) is 0. The predicted molar refractivity (Wildman–Crippen MR) is 99.7 cm³/mol. The number of carbonyl (C=O) groups excluding carboxylic acids is 2. The molecule has 2 aliphatic heterocycles. The Balaban J connectivity index is 1.58. The van der Waals surface area contributed by atoms with E-state index in [1.54, 1.807) is 23.8 Å². The second-order valence-electron chi connectivity index (χ2n) is 7.02. The van der Waals surface area contributed by atoms with E-state index < -0.39 is 6.04 Å². The first-order valence-electron chi connectivity index (χ1n) is 9.15. The molecule has 7 heteroatoms. The fraction of sp³-hybridized carbons (Fsp3) is 0.579. The van der Waals surface area contributed by atoms with E-state index in [4.69, 9.17) is 9.47 Å². The molecule has 2 fully saturated rings. The number of fused-ring (bicyclic) bond motifs is 3. The lowest BCUT2D eigenvalue weighted by Crippen LogP contribution is -2.49. The summed E-state index contributed by atoms with van der Waals surface area (Å²) in [4.78, 5) is 27.7. The molecular weight excluding hydrogens is 352 g/mol. The second kappa shape index (κ2) is 7.02. The van der Waals surface area contributed by atoms with Crippen molar-refractivity contribution in [1.82, 2.24) is 10.2 Å². The molecule has 1 aromatic carbocycles. The van der Waals surface area contributed by atoms with Crippen molar-refractivity contribution in [2.24, 2.45) is 0 Å². The minimum Gasteiger partial charge on any atom is -0.493 e. The number of amides is 2. The molecule has 1 saturated carbocycles. The van der Waals surface area contributed by atoms with Crippen LogP contribution < -0.4 is 14.8 Å². The van der Waals surface area contributed by atoms with Crippen molar-refractivity contribution in [2.75, 3.05) is 20.0 Å². The molecule has 140 valence electrons. The fourth-order valence-corrected chi connectivity index (χ4v) is 5.69. The fourth-order valence-electron chi connectivity index (χ4n) is 4.24. The Morgan fingerprint density at radius 3 is 2.65 bits per heavy atom. The average Bonchev–Trinajstić information content (AvgIpc) is 3.22. The van der Waals surface area contributed by atoms with Crippen molar-refractivity contribution >= 4 is 23.6 Å². The van der Waals surface area contributed by atoms with Crippen molar-refractivity contribution < 1.29 is 19.1 Å². The highest BCUT2D eigenvalue weighted by atomic mass is 32.2. The minimum absolute atomic E-state index is 0.0287. The van der Waals surface area contributed by atoms with Crippen LogP contribution in [0.15, 0.2) is 12.1 Å². The Morgan fingerprint density at radius 1 is 1.19 bits per heavy atom. The van der Waals surface area contributed by atoms with E-state index >= 15 is 0 Å². The number of nitrogens with zero attached hydrogens (tertiary/aromatic N) is 1. The topological polar surface area (TPSA) is 67.9 Å². The van der Waals surface area contributed by atoms with Gasteiger partial charge in [-0.25, -0.2) is 0 Å². The Hall–Kier alpha value is -1.89. The molecule has 0 spiro atoms. The normalized spacial score (nSPS) is 25.0. The number of ether oxygens (including phenoxy) is 2. The lowest BCUT2D eigenvalue weighted by molar-refractivity contribution is -0.125. The van der Waals surface area contributed by atoms with Gasteiger partial charge in [0.2, 0.25) is 5.91 Å². The SMILES string of the molecule is COc1ccc2c(c1OC)C(=O)N1C2SC[C@H]1C(=O)NC1CCCCC1. The van der Waals surface area contributed by atoms with E-state index in [0.717, 1.165) is 31.2 Å². The van der Waals surface area contributed by atoms with Crippen LogP contribution in [0, 0.1) is 0 Å². The molecule has 0 aromatic heterocycles. The summed E-state index contributed by atoms with van der Waals surface area (Å²) in [7, 11) is 3.09. The van der Waals surface area contributed by atoms with Gasteiger partial charge in [0.15, 0.2) is 11.5 Å². The number of benzene rings is 1. The van der Waals surface area contributed by atoms with Crippen molar-refractivity contribution in [1.29, 1.82) is 0 Å². The number of hydrogen-bond donors (Lipinski definition) is 1. The molecule has 2 atom stereocenters. The van der Waals surface area contributed by atoms with Gasteiger partial charge in [-0.15, -0.1) is 11.8 Å². The third-order valence-corrected chi connectivity index (χ3v) is 6.85. The molecule has 0 radical (unpaired) electrons. The van der Waals surface area contributed by atoms with Crippen LogP contribution in [0.25, 0.3) is 0 Å². The lowest BCUT2D eigenvalue weighted by atomic mass is 9.95. The third-order valence-electron chi connectivity index (χ3n) is 5.55. The number of methoxy groups -OCH3 is 2. The summed E-state index contributed by atoms with van der Waals surface area (Å²) in [6, 6.07) is 3.55. The molecule has 1 N–H and O–H groups in total. The number of thioether (sulfide) groups is 1. The highest BCUT2D eigenvalue weighted by Gasteiger charge is 2.50. The molecule has 1 unspecified atom stereocenters. The number of nitrogens with one attached hydrogen (secondary N) is 1. The van der Waals surface area contributed by atoms with Crippen molar-refractivity contribution in [3.8, 4) is 11.5 Å². The summed E-state index contributed by atoms with van der Waals surface area (Å²) in [5, 5.41) is 3.04. The van der Waals surface area contributed by atoms with Crippen LogP contribution in [0.1, 0.15) is 53.4 Å². The van der Waals surface area contributed by atoms with Crippen molar-refractivity contribution in [3.05, 3.63) is 23.3 Å². The van der Waals surface area contributed by atoms with Gasteiger partial charge in [0.25, 0.3) is 5.91 Å². The van der Waals surface area contributed by atoms with Gasteiger partial charge < -0.3 is 19.7 Å². The maximum absolute atomic E-state index is 13.1. The zero-order chi connectivity index (χ0) is 18.3. The molecule has 1 aromatic rings. The minimum atomic E-state index is -0.428. The monoisotopic (exact) mass is 376 g/mol. The van der Waals surface area contributed by atoms with E-state index in [0.29, 0.717) is 22.8 Å². The second-order valence-corrected chi connectivity index (χ2v) is 8.14. The lowest BCUT2D eigenvalue weighted by Gasteiger charge is -2.27. The largest absolute Gasteiger partial charge is 0.493 e. The molecule has 1 aliphatic carbocycles. The van der Waals surface area contributed by atoms with E-state index in [2.05, 4.69) is 5.32 Å². The van der Waals surface area contributed by atoms with Gasteiger partial charge in [-0.2, -0.15) is 0 Å². The highest BCUT2D eigenvalue weighted by molar-refractivity contribution is 7.99. The van der Waals surface area contributed by atoms with Crippen LogP contribution in [-0.4, -0.2) is 48.8 Å². The summed E-state index contributed by atoms with van der Waals surface area (Å²) < 4.78 is 10.8. The summed E-state index contributed by atoms with van der Waals surface area (Å²) in [6.07, 6.45) is 5.65. The van der Waals surface area contributed by atoms with E-state index in [1.165, 1.54) is 13.5 Å². The molecule has 4 rings (SSSR count). The number of carbonyl (C=O) groups is 2. The first kappa shape index (κ1) is 17.5. The zero-order valence-corrected chi connectivity index (χ0v) is 15.9. The Bertz CT molecular complexity index is 732. The molecule has 2 heterocycles. The molecule has 0 bridgehead atoms. The van der Waals surface area contributed by atoms with Crippen LogP contribution in [0.2, 0.25) is 0 Å². The maximum Gasteiger partial charge on any atom is 0.260 e.